The van der Waals surface area contributed by atoms with Gasteiger partial charge >= 0.3 is 5.97 Å². The van der Waals surface area contributed by atoms with Crippen LogP contribution in [0.5, 0.6) is 0 Å². The van der Waals surface area contributed by atoms with Crippen LogP contribution in [0.4, 0.5) is 0 Å². The Kier molecular flexibility index (Phi) is 8.28. The Morgan fingerprint density at radius 2 is 1.59 bits per heavy atom. The van der Waals surface area contributed by atoms with Gasteiger partial charge in [-0.1, -0.05) is 59.8 Å². The second kappa shape index (κ2) is 8.54. The summed E-state index contributed by atoms with van der Waals surface area (Å²) < 4.78 is 0. The Balaban J connectivity index is 3.31. The van der Waals surface area contributed by atoms with Gasteiger partial charge < -0.3 is 5.11 Å². The number of unbranched alkanes of at least 4 members (excludes halogenated alkanes) is 4. The van der Waals surface area contributed by atoms with E-state index in [1.54, 1.807) is 0 Å². The molecule has 0 spiro atoms. The lowest BCUT2D eigenvalue weighted by molar-refractivity contribution is -0.137. The zero-order valence-corrected chi connectivity index (χ0v) is 12.1. The molecule has 0 amide bonds. The maximum atomic E-state index is 10.3. The van der Waals surface area contributed by atoms with Crippen molar-refractivity contribution in [3.63, 3.8) is 0 Å². The normalized spacial score (nSPS) is 13.6. The van der Waals surface area contributed by atoms with Crippen LogP contribution in [0.25, 0.3) is 0 Å². The molecule has 1 N–H and O–H groups in total. The SMILES string of the molecule is CC(CCCCCCCC(=O)O)CC(C)(C)C. The second-order valence-electron chi connectivity index (χ2n) is 6.57. The predicted molar refractivity (Wildman–Crippen MR) is 73.2 cm³/mol. The van der Waals surface area contributed by atoms with Gasteiger partial charge in [-0.15, -0.1) is 0 Å². The molecule has 2 heteroatoms. The molecule has 2 nitrogen and oxygen atoms in total. The molecule has 0 bridgehead atoms. The fraction of sp³-hybridized carbons (Fsp3) is 0.933. The quantitative estimate of drug-likeness (QED) is 0.585. The Bertz CT molecular complexity index is 203. The highest BCUT2D eigenvalue weighted by molar-refractivity contribution is 5.66. The first-order valence-corrected chi connectivity index (χ1v) is 7.03. The van der Waals surface area contributed by atoms with E-state index in [1.165, 1.54) is 32.1 Å². The molecule has 1 atom stereocenters. The summed E-state index contributed by atoms with van der Waals surface area (Å²) in [5, 5.41) is 8.50. The summed E-state index contributed by atoms with van der Waals surface area (Å²) in [5.74, 6) is 0.151. The number of aliphatic carboxylic acids is 1. The van der Waals surface area contributed by atoms with Gasteiger partial charge in [-0.25, -0.2) is 0 Å². The van der Waals surface area contributed by atoms with Crippen molar-refractivity contribution in [2.75, 3.05) is 0 Å². The second-order valence-corrected chi connectivity index (χ2v) is 6.57. The molecule has 0 fully saturated rings. The minimum atomic E-state index is -0.663. The molecule has 0 aromatic heterocycles. The summed E-state index contributed by atoms with van der Waals surface area (Å²) in [5.41, 5.74) is 0.445. The first-order chi connectivity index (χ1) is 7.81. The van der Waals surface area contributed by atoms with Crippen LogP contribution in [-0.4, -0.2) is 11.1 Å². The molecule has 0 aliphatic heterocycles. The lowest BCUT2D eigenvalue weighted by atomic mass is 9.83. The maximum Gasteiger partial charge on any atom is 0.303 e. The molecule has 0 saturated carbocycles. The Labute approximate surface area is 107 Å². The van der Waals surface area contributed by atoms with Crippen molar-refractivity contribution < 1.29 is 9.90 Å². The fourth-order valence-electron chi connectivity index (χ4n) is 2.45. The third kappa shape index (κ3) is 13.4. The van der Waals surface area contributed by atoms with E-state index in [2.05, 4.69) is 27.7 Å². The molecule has 0 rings (SSSR count). The van der Waals surface area contributed by atoms with E-state index in [4.69, 9.17) is 5.11 Å². The standard InChI is InChI=1S/C15H30O2/c1-13(12-15(2,3)4)10-8-6-5-7-9-11-14(16)17/h13H,5-12H2,1-4H3,(H,16,17). The van der Waals surface area contributed by atoms with Crippen LogP contribution < -0.4 is 0 Å². The lowest BCUT2D eigenvalue weighted by Crippen LogP contribution is -2.10. The molecule has 1 unspecified atom stereocenters. The first-order valence-electron chi connectivity index (χ1n) is 7.03. The molecule has 17 heavy (non-hydrogen) atoms. The highest BCUT2D eigenvalue weighted by Gasteiger charge is 2.14. The van der Waals surface area contributed by atoms with Crippen LogP contribution in [0.1, 0.15) is 79.1 Å². The summed E-state index contributed by atoms with van der Waals surface area (Å²) in [6, 6.07) is 0. The molecule has 102 valence electrons. The number of carboxylic acids is 1. The topological polar surface area (TPSA) is 37.3 Å². The molecule has 0 aromatic rings. The third-order valence-corrected chi connectivity index (χ3v) is 3.05. The molecule has 0 radical (unpaired) electrons. The highest BCUT2D eigenvalue weighted by Crippen LogP contribution is 2.27. The van der Waals surface area contributed by atoms with Gasteiger partial charge in [0, 0.05) is 6.42 Å². The van der Waals surface area contributed by atoms with Gasteiger partial charge in [-0.3, -0.25) is 4.79 Å². The average Bonchev–Trinajstić information content (AvgIpc) is 2.12. The van der Waals surface area contributed by atoms with Crippen molar-refractivity contribution in [2.24, 2.45) is 11.3 Å². The zero-order valence-electron chi connectivity index (χ0n) is 12.1. The largest absolute Gasteiger partial charge is 0.481 e. The average molecular weight is 242 g/mol. The van der Waals surface area contributed by atoms with Gasteiger partial charge in [0.1, 0.15) is 0 Å². The van der Waals surface area contributed by atoms with Crippen LogP contribution in [0.3, 0.4) is 0 Å². The van der Waals surface area contributed by atoms with Gasteiger partial charge in [-0.2, -0.15) is 0 Å². The summed E-state index contributed by atoms with van der Waals surface area (Å²) in [7, 11) is 0. The number of carboxylic acid groups (broad SMARTS) is 1. The van der Waals surface area contributed by atoms with Gasteiger partial charge in [0.25, 0.3) is 0 Å². The van der Waals surface area contributed by atoms with Crippen molar-refractivity contribution in [3.05, 3.63) is 0 Å². The van der Waals surface area contributed by atoms with E-state index in [9.17, 15) is 4.79 Å². The van der Waals surface area contributed by atoms with Crippen molar-refractivity contribution in [1.82, 2.24) is 0 Å². The van der Waals surface area contributed by atoms with E-state index in [-0.39, 0.29) is 0 Å². The molecule has 0 heterocycles. The Morgan fingerprint density at radius 1 is 1.06 bits per heavy atom. The molecular weight excluding hydrogens is 212 g/mol. The van der Waals surface area contributed by atoms with Gasteiger partial charge in [0.2, 0.25) is 0 Å². The van der Waals surface area contributed by atoms with Crippen molar-refractivity contribution in [3.8, 4) is 0 Å². The van der Waals surface area contributed by atoms with E-state index in [0.717, 1.165) is 18.8 Å². The van der Waals surface area contributed by atoms with Crippen LogP contribution in [0.2, 0.25) is 0 Å². The van der Waals surface area contributed by atoms with Crippen LogP contribution >= 0.6 is 0 Å². The van der Waals surface area contributed by atoms with Crippen molar-refractivity contribution in [1.29, 1.82) is 0 Å². The zero-order chi connectivity index (χ0) is 13.3. The fourth-order valence-corrected chi connectivity index (χ4v) is 2.45. The minimum Gasteiger partial charge on any atom is -0.481 e. The summed E-state index contributed by atoms with van der Waals surface area (Å²) in [6.45, 7) is 9.25. The van der Waals surface area contributed by atoms with E-state index >= 15 is 0 Å². The monoisotopic (exact) mass is 242 g/mol. The van der Waals surface area contributed by atoms with Crippen LogP contribution in [0.15, 0.2) is 0 Å². The number of hydrogen-bond acceptors (Lipinski definition) is 1. The number of carbonyl (C=O) groups is 1. The third-order valence-electron chi connectivity index (χ3n) is 3.05. The molecule has 0 saturated heterocycles. The van der Waals surface area contributed by atoms with Crippen molar-refractivity contribution >= 4 is 5.97 Å². The van der Waals surface area contributed by atoms with Gasteiger partial charge in [0.05, 0.1) is 0 Å². The molecule has 0 aliphatic carbocycles. The van der Waals surface area contributed by atoms with Crippen molar-refractivity contribution in [2.45, 2.75) is 79.1 Å². The summed E-state index contributed by atoms with van der Waals surface area (Å²) in [6.07, 6.45) is 8.60. The van der Waals surface area contributed by atoms with Gasteiger partial charge in [-0.05, 0) is 24.2 Å². The van der Waals surface area contributed by atoms with Gasteiger partial charge in [0.15, 0.2) is 0 Å². The predicted octanol–water partition coefficient (Wildman–Crippen LogP) is 4.87. The van der Waals surface area contributed by atoms with E-state index < -0.39 is 5.97 Å². The van der Waals surface area contributed by atoms with E-state index in [0.29, 0.717) is 11.8 Å². The minimum absolute atomic E-state index is 0.334. The number of hydrogen-bond donors (Lipinski definition) is 1. The van der Waals surface area contributed by atoms with Crippen LogP contribution in [-0.2, 0) is 4.79 Å². The summed E-state index contributed by atoms with van der Waals surface area (Å²) >= 11 is 0. The first kappa shape index (κ1) is 16.5. The highest BCUT2D eigenvalue weighted by atomic mass is 16.4. The smallest absolute Gasteiger partial charge is 0.303 e. The molecule has 0 aliphatic rings. The Morgan fingerprint density at radius 3 is 2.12 bits per heavy atom. The summed E-state index contributed by atoms with van der Waals surface area (Å²) in [4.78, 5) is 10.3. The Hall–Kier alpha value is -0.530. The number of rotatable bonds is 9. The molecule has 0 aromatic carbocycles. The van der Waals surface area contributed by atoms with E-state index in [1.807, 2.05) is 0 Å². The molecular formula is C15H30O2. The van der Waals surface area contributed by atoms with Crippen LogP contribution in [0, 0.1) is 11.3 Å². The maximum absolute atomic E-state index is 10.3. The lowest BCUT2D eigenvalue weighted by Gasteiger charge is -2.23.